The molecule has 116 valence electrons. The Bertz CT molecular complexity index is 762. The number of halogens is 1. The van der Waals surface area contributed by atoms with Crippen LogP contribution in [-0.4, -0.2) is 33.6 Å². The number of aromatic nitrogens is 2. The Balaban J connectivity index is 2.19. The second kappa shape index (κ2) is 7.09. The Labute approximate surface area is 132 Å². The van der Waals surface area contributed by atoms with Crippen LogP contribution in [0.1, 0.15) is 24.1 Å². The highest BCUT2D eigenvalue weighted by Gasteiger charge is 2.10. The van der Waals surface area contributed by atoms with Crippen molar-refractivity contribution < 1.29 is 9.90 Å². The molecule has 0 spiro atoms. The lowest BCUT2D eigenvalue weighted by Crippen LogP contribution is -2.17. The largest absolute Gasteiger partial charge is 0.481 e. The van der Waals surface area contributed by atoms with Crippen LogP contribution in [0.25, 0.3) is 5.69 Å². The van der Waals surface area contributed by atoms with Crippen LogP contribution in [0.5, 0.6) is 0 Å². The van der Waals surface area contributed by atoms with Crippen LogP contribution in [0.4, 0.5) is 0 Å². The van der Waals surface area contributed by atoms with Gasteiger partial charge in [0.25, 0.3) is 5.56 Å². The molecule has 0 aliphatic carbocycles. The predicted octanol–water partition coefficient (Wildman–Crippen LogP) is 2.41. The Morgan fingerprint density at radius 1 is 1.50 bits per heavy atom. The summed E-state index contributed by atoms with van der Waals surface area (Å²) in [5.74, 6) is -0.851. The number of hydrogen-bond donors (Lipinski definition) is 2. The van der Waals surface area contributed by atoms with Crippen molar-refractivity contribution in [2.45, 2.75) is 19.8 Å². The van der Waals surface area contributed by atoms with Gasteiger partial charge < -0.3 is 5.11 Å². The summed E-state index contributed by atoms with van der Waals surface area (Å²) in [6.45, 7) is 2.15. The normalized spacial score (nSPS) is 11.2. The fraction of sp³-hybridized carbons (Fsp3) is 0.267. The summed E-state index contributed by atoms with van der Waals surface area (Å²) < 4.78 is 1.40. The number of aliphatic imine (C=N–C) groups is 1. The van der Waals surface area contributed by atoms with Gasteiger partial charge in [-0.1, -0.05) is 17.7 Å². The smallest absolute Gasteiger partial charge is 0.303 e. The number of H-pyrrole nitrogens is 1. The number of benzene rings is 1. The zero-order valence-electron chi connectivity index (χ0n) is 12.0. The summed E-state index contributed by atoms with van der Waals surface area (Å²) in [7, 11) is 0. The van der Waals surface area contributed by atoms with E-state index in [2.05, 4.69) is 10.1 Å². The lowest BCUT2D eigenvalue weighted by Gasteiger charge is -2.01. The molecule has 1 aromatic heterocycles. The molecule has 0 fully saturated rings. The molecule has 0 saturated carbocycles. The second-order valence-corrected chi connectivity index (χ2v) is 5.24. The monoisotopic (exact) mass is 321 g/mol. The first-order chi connectivity index (χ1) is 10.5. The molecule has 0 amide bonds. The maximum absolute atomic E-state index is 12.4. The molecule has 0 radical (unpaired) electrons. The van der Waals surface area contributed by atoms with Crippen LogP contribution >= 0.6 is 11.6 Å². The predicted molar refractivity (Wildman–Crippen MR) is 85.5 cm³/mol. The maximum atomic E-state index is 12.4. The number of hydrogen-bond acceptors (Lipinski definition) is 3. The summed E-state index contributed by atoms with van der Waals surface area (Å²) in [5, 5.41) is 12.1. The highest BCUT2D eigenvalue weighted by Crippen LogP contribution is 2.13. The zero-order chi connectivity index (χ0) is 16.1. The fourth-order valence-corrected chi connectivity index (χ4v) is 2.17. The molecule has 0 atom stereocenters. The third kappa shape index (κ3) is 3.85. The van der Waals surface area contributed by atoms with E-state index in [0.717, 1.165) is 0 Å². The van der Waals surface area contributed by atoms with Crippen molar-refractivity contribution in [3.63, 3.8) is 0 Å². The van der Waals surface area contributed by atoms with Crippen molar-refractivity contribution in [3.05, 3.63) is 50.9 Å². The van der Waals surface area contributed by atoms with Crippen molar-refractivity contribution in [1.82, 2.24) is 9.78 Å². The molecule has 6 nitrogen and oxygen atoms in total. The Morgan fingerprint density at radius 3 is 2.95 bits per heavy atom. The summed E-state index contributed by atoms with van der Waals surface area (Å²) in [5.41, 5.74) is 1.56. The first-order valence-corrected chi connectivity index (χ1v) is 7.16. The molecule has 2 N–H and O–H groups in total. The molecule has 0 aliphatic rings. The number of carboxylic acids is 1. The molecule has 0 bridgehead atoms. The van der Waals surface area contributed by atoms with Gasteiger partial charge in [0.1, 0.15) is 0 Å². The molecule has 7 heteroatoms. The molecule has 0 saturated heterocycles. The zero-order valence-corrected chi connectivity index (χ0v) is 12.8. The lowest BCUT2D eigenvalue weighted by atomic mass is 10.2. The van der Waals surface area contributed by atoms with E-state index in [1.807, 2.05) is 0 Å². The van der Waals surface area contributed by atoms with Crippen LogP contribution in [0.3, 0.4) is 0 Å². The second-order valence-electron chi connectivity index (χ2n) is 4.80. The molecule has 1 aromatic carbocycles. The van der Waals surface area contributed by atoms with Crippen LogP contribution < -0.4 is 5.56 Å². The van der Waals surface area contributed by atoms with E-state index >= 15 is 0 Å². The van der Waals surface area contributed by atoms with Gasteiger partial charge in [0.2, 0.25) is 0 Å². The van der Waals surface area contributed by atoms with Gasteiger partial charge in [0.15, 0.2) is 0 Å². The summed E-state index contributed by atoms with van der Waals surface area (Å²) in [4.78, 5) is 26.9. The number of carbonyl (C=O) groups is 1. The number of nitrogens with one attached hydrogen (secondary N) is 1. The Morgan fingerprint density at radius 2 is 2.27 bits per heavy atom. The third-order valence-electron chi connectivity index (χ3n) is 3.08. The molecule has 0 unspecified atom stereocenters. The van der Waals surface area contributed by atoms with Crippen molar-refractivity contribution >= 4 is 23.8 Å². The molecular formula is C15H16ClN3O3. The minimum Gasteiger partial charge on any atom is -0.481 e. The van der Waals surface area contributed by atoms with Crippen molar-refractivity contribution in [2.24, 2.45) is 4.99 Å². The van der Waals surface area contributed by atoms with Gasteiger partial charge in [-0.05, 0) is 31.5 Å². The van der Waals surface area contributed by atoms with Gasteiger partial charge in [-0.3, -0.25) is 19.7 Å². The van der Waals surface area contributed by atoms with Crippen molar-refractivity contribution in [3.8, 4) is 5.69 Å². The SMILES string of the molecule is Cc1[nH]n(-c2cccc(Cl)c2)c(=O)c1C=NCCCC(=O)O. The van der Waals surface area contributed by atoms with E-state index in [1.54, 1.807) is 31.2 Å². The Hall–Kier alpha value is -2.34. The first kappa shape index (κ1) is 16.0. The highest BCUT2D eigenvalue weighted by molar-refractivity contribution is 6.30. The average molecular weight is 322 g/mol. The standard InChI is InChI=1S/C15H16ClN3O3/c1-10-13(9-17-7-3-6-14(20)21)15(22)19(18-10)12-5-2-4-11(16)8-12/h2,4-5,8-9,18H,3,6-7H2,1H3,(H,20,21). The van der Waals surface area contributed by atoms with Gasteiger partial charge in [0.05, 0.1) is 11.3 Å². The Kier molecular flexibility index (Phi) is 5.16. The van der Waals surface area contributed by atoms with E-state index in [1.165, 1.54) is 10.9 Å². The van der Waals surface area contributed by atoms with E-state index in [9.17, 15) is 9.59 Å². The van der Waals surface area contributed by atoms with Gasteiger partial charge in [-0.2, -0.15) is 0 Å². The van der Waals surface area contributed by atoms with E-state index in [4.69, 9.17) is 16.7 Å². The lowest BCUT2D eigenvalue weighted by molar-refractivity contribution is -0.137. The number of aryl methyl sites for hydroxylation is 1. The number of rotatable bonds is 6. The van der Waals surface area contributed by atoms with Crippen molar-refractivity contribution in [2.75, 3.05) is 6.54 Å². The van der Waals surface area contributed by atoms with E-state index in [-0.39, 0.29) is 12.0 Å². The molecule has 1 heterocycles. The van der Waals surface area contributed by atoms with Crippen LogP contribution in [-0.2, 0) is 4.79 Å². The molecule has 22 heavy (non-hydrogen) atoms. The summed E-state index contributed by atoms with van der Waals surface area (Å²) in [6, 6.07) is 6.96. The molecule has 2 rings (SSSR count). The molecule has 0 aliphatic heterocycles. The van der Waals surface area contributed by atoms with Crippen LogP contribution in [0.15, 0.2) is 34.1 Å². The van der Waals surface area contributed by atoms with Gasteiger partial charge in [-0.25, -0.2) is 4.68 Å². The summed E-state index contributed by atoms with van der Waals surface area (Å²) in [6.07, 6.45) is 1.99. The number of aromatic amines is 1. The summed E-state index contributed by atoms with van der Waals surface area (Å²) >= 11 is 5.93. The third-order valence-corrected chi connectivity index (χ3v) is 3.32. The first-order valence-electron chi connectivity index (χ1n) is 6.78. The number of nitrogens with zero attached hydrogens (tertiary/aromatic N) is 2. The van der Waals surface area contributed by atoms with Crippen LogP contribution in [0.2, 0.25) is 5.02 Å². The van der Waals surface area contributed by atoms with Gasteiger partial charge >= 0.3 is 5.97 Å². The average Bonchev–Trinajstić information content (AvgIpc) is 2.74. The highest BCUT2D eigenvalue weighted by atomic mass is 35.5. The molecule has 2 aromatic rings. The van der Waals surface area contributed by atoms with Gasteiger partial charge in [0, 0.05) is 29.9 Å². The van der Waals surface area contributed by atoms with Crippen molar-refractivity contribution in [1.29, 1.82) is 0 Å². The minimum atomic E-state index is -0.851. The minimum absolute atomic E-state index is 0.0657. The maximum Gasteiger partial charge on any atom is 0.303 e. The topological polar surface area (TPSA) is 87.5 Å². The van der Waals surface area contributed by atoms with E-state index in [0.29, 0.717) is 34.9 Å². The molecular weight excluding hydrogens is 306 g/mol. The van der Waals surface area contributed by atoms with E-state index < -0.39 is 5.97 Å². The van der Waals surface area contributed by atoms with Crippen LogP contribution in [0, 0.1) is 6.92 Å². The van der Waals surface area contributed by atoms with Gasteiger partial charge in [-0.15, -0.1) is 0 Å². The fourth-order valence-electron chi connectivity index (χ4n) is 1.99. The number of aliphatic carboxylic acids is 1. The number of carboxylic acid groups (broad SMARTS) is 1. The quantitative estimate of drug-likeness (QED) is 0.632.